The minimum Gasteiger partial charge on any atom is -0.493 e. The van der Waals surface area contributed by atoms with E-state index in [0.29, 0.717) is 29.2 Å². The van der Waals surface area contributed by atoms with Gasteiger partial charge >= 0.3 is 0 Å². The maximum atomic E-state index is 6.60. The number of thioether (sulfide) groups is 1. The van der Waals surface area contributed by atoms with Crippen molar-refractivity contribution in [2.45, 2.75) is 38.4 Å². The molecule has 1 aromatic carbocycles. The van der Waals surface area contributed by atoms with Gasteiger partial charge in [-0.05, 0) is 43.2 Å². The van der Waals surface area contributed by atoms with Crippen LogP contribution < -0.4 is 9.47 Å². The number of hydrogen-bond acceptors (Lipinski definition) is 6. The largest absolute Gasteiger partial charge is 0.493 e. The van der Waals surface area contributed by atoms with Crippen LogP contribution >= 0.6 is 23.4 Å². The first kappa shape index (κ1) is 19.4. The van der Waals surface area contributed by atoms with E-state index in [1.807, 2.05) is 55.2 Å². The summed E-state index contributed by atoms with van der Waals surface area (Å²) in [6, 6.07) is 10.4. The van der Waals surface area contributed by atoms with E-state index in [1.165, 1.54) is 0 Å². The van der Waals surface area contributed by atoms with Crippen molar-refractivity contribution in [3.05, 3.63) is 52.8 Å². The van der Waals surface area contributed by atoms with Crippen molar-refractivity contribution in [1.82, 2.24) is 9.88 Å². The molecule has 5 nitrogen and oxygen atoms in total. The van der Waals surface area contributed by atoms with E-state index in [4.69, 9.17) is 26.1 Å². The predicted molar refractivity (Wildman–Crippen MR) is 115 cm³/mol. The number of halogens is 1. The second kappa shape index (κ2) is 8.21. The number of pyridine rings is 1. The maximum absolute atomic E-state index is 6.60. The fourth-order valence-electron chi connectivity index (χ4n) is 3.90. The second-order valence-corrected chi connectivity index (χ2v) is 8.20. The van der Waals surface area contributed by atoms with Crippen molar-refractivity contribution in [2.75, 3.05) is 19.5 Å². The summed E-state index contributed by atoms with van der Waals surface area (Å²) in [6.07, 6.45) is 2.89. The number of aromatic nitrogens is 1. The Morgan fingerprint density at radius 1 is 1.29 bits per heavy atom. The van der Waals surface area contributed by atoms with Crippen molar-refractivity contribution in [1.29, 1.82) is 0 Å². The molecule has 0 radical (unpaired) electrons. The van der Waals surface area contributed by atoms with Gasteiger partial charge in [-0.2, -0.15) is 0 Å². The molecule has 0 amide bonds. The van der Waals surface area contributed by atoms with Gasteiger partial charge in [0.05, 0.1) is 30.5 Å². The van der Waals surface area contributed by atoms with Crippen LogP contribution in [-0.2, 0) is 0 Å². The first-order valence-corrected chi connectivity index (χ1v) is 10.9. The number of amidine groups is 1. The van der Waals surface area contributed by atoms with Crippen molar-refractivity contribution < 1.29 is 9.47 Å². The summed E-state index contributed by atoms with van der Waals surface area (Å²) in [5.41, 5.74) is 2.04. The first-order chi connectivity index (χ1) is 13.7. The Kier molecular flexibility index (Phi) is 5.69. The summed E-state index contributed by atoms with van der Waals surface area (Å²) >= 11 is 8.42. The van der Waals surface area contributed by atoms with Crippen LogP contribution in [0.5, 0.6) is 11.5 Å². The van der Waals surface area contributed by atoms with E-state index in [1.54, 1.807) is 7.11 Å². The molecule has 3 atom stereocenters. The number of hydrogen-bond donors (Lipinski definition) is 0. The minimum atomic E-state index is -0.0724. The van der Waals surface area contributed by atoms with Gasteiger partial charge in [0, 0.05) is 18.0 Å². The molecule has 3 heterocycles. The molecular formula is C21H24ClN3O2S. The van der Waals surface area contributed by atoms with E-state index in [2.05, 4.69) is 16.8 Å². The summed E-state index contributed by atoms with van der Waals surface area (Å²) < 4.78 is 11.3. The summed E-state index contributed by atoms with van der Waals surface area (Å²) in [5.74, 6) is 2.30. The Morgan fingerprint density at radius 3 is 2.82 bits per heavy atom. The Bertz CT molecular complexity index is 877. The normalized spacial score (nSPS) is 23.5. The molecule has 1 saturated heterocycles. The second-order valence-electron chi connectivity index (χ2n) is 6.80. The lowest BCUT2D eigenvalue weighted by Crippen LogP contribution is -2.35. The lowest BCUT2D eigenvalue weighted by Gasteiger charge is -2.32. The van der Waals surface area contributed by atoms with Crippen molar-refractivity contribution in [2.24, 2.45) is 4.99 Å². The van der Waals surface area contributed by atoms with Crippen molar-refractivity contribution >= 4 is 28.5 Å². The van der Waals surface area contributed by atoms with Crippen LogP contribution in [0.1, 0.15) is 43.6 Å². The highest BCUT2D eigenvalue weighted by molar-refractivity contribution is 8.14. The number of rotatable bonds is 6. The molecule has 0 N–H and O–H groups in total. The first-order valence-electron chi connectivity index (χ1n) is 9.58. The van der Waals surface area contributed by atoms with Crippen LogP contribution in [0.25, 0.3) is 0 Å². The van der Waals surface area contributed by atoms with Crippen molar-refractivity contribution in [3.8, 4) is 11.5 Å². The third-order valence-corrected chi connectivity index (χ3v) is 6.62. The SMILES string of the molecule is CCOc1c(Cl)cc([C@@H]2[C@H](c3ccccn3)N=C3SC[C@@H](CC)N32)cc1OC. The molecule has 148 valence electrons. The van der Waals surface area contributed by atoms with Crippen molar-refractivity contribution in [3.63, 3.8) is 0 Å². The molecule has 2 aliphatic rings. The van der Waals surface area contributed by atoms with E-state index in [9.17, 15) is 0 Å². The maximum Gasteiger partial charge on any atom is 0.179 e. The third kappa shape index (κ3) is 3.33. The molecule has 2 aliphatic heterocycles. The van der Waals surface area contributed by atoms with Crippen LogP contribution in [0.15, 0.2) is 41.5 Å². The number of methoxy groups -OCH3 is 1. The topological polar surface area (TPSA) is 47.0 Å². The molecule has 0 bridgehead atoms. The average Bonchev–Trinajstić information content (AvgIpc) is 3.29. The molecule has 2 aromatic rings. The van der Waals surface area contributed by atoms with Crippen LogP contribution in [0.4, 0.5) is 0 Å². The minimum absolute atomic E-state index is 0.0342. The lowest BCUT2D eigenvalue weighted by molar-refractivity contribution is 0.254. The predicted octanol–water partition coefficient (Wildman–Crippen LogP) is 5.12. The standard InChI is InChI=1S/C21H24ClN3O2S/c1-4-14-12-28-21-24-18(16-8-6-7-9-23-16)19(25(14)21)13-10-15(22)20(27-5-2)17(11-13)26-3/h6-11,14,18-19H,4-5,12H2,1-3H3/t14-,18+,19-/m1/s1. The van der Waals surface area contributed by atoms with Gasteiger partial charge in [-0.15, -0.1) is 0 Å². The lowest BCUT2D eigenvalue weighted by atomic mass is 9.95. The highest BCUT2D eigenvalue weighted by Crippen LogP contribution is 2.50. The monoisotopic (exact) mass is 417 g/mol. The van der Waals surface area contributed by atoms with E-state index in [0.717, 1.165) is 28.6 Å². The molecule has 4 rings (SSSR count). The fourth-order valence-corrected chi connectivity index (χ4v) is 5.52. The van der Waals surface area contributed by atoms with E-state index in [-0.39, 0.29) is 12.1 Å². The van der Waals surface area contributed by atoms with Gasteiger partial charge in [0.25, 0.3) is 0 Å². The van der Waals surface area contributed by atoms with Gasteiger partial charge in [0.1, 0.15) is 6.04 Å². The molecule has 0 saturated carbocycles. The van der Waals surface area contributed by atoms with Gasteiger partial charge in [-0.3, -0.25) is 9.98 Å². The third-order valence-electron chi connectivity index (χ3n) is 5.21. The number of benzene rings is 1. The van der Waals surface area contributed by atoms with E-state index >= 15 is 0 Å². The molecule has 7 heteroatoms. The van der Waals surface area contributed by atoms with Crippen LogP contribution in [0, 0.1) is 0 Å². The highest BCUT2D eigenvalue weighted by atomic mass is 35.5. The van der Waals surface area contributed by atoms with Crippen LogP contribution in [0.3, 0.4) is 0 Å². The Morgan fingerprint density at radius 2 is 2.14 bits per heavy atom. The van der Waals surface area contributed by atoms with Gasteiger partial charge < -0.3 is 14.4 Å². The smallest absolute Gasteiger partial charge is 0.179 e. The summed E-state index contributed by atoms with van der Waals surface area (Å²) in [5, 5.41) is 1.65. The average molecular weight is 418 g/mol. The van der Waals surface area contributed by atoms with Crippen LogP contribution in [0.2, 0.25) is 5.02 Å². The molecule has 1 fully saturated rings. The molecule has 28 heavy (non-hydrogen) atoms. The summed E-state index contributed by atoms with van der Waals surface area (Å²) in [6.45, 7) is 4.69. The highest BCUT2D eigenvalue weighted by Gasteiger charge is 2.45. The Hall–Kier alpha value is -1.92. The fraction of sp³-hybridized carbons (Fsp3) is 0.429. The molecular weight excluding hydrogens is 394 g/mol. The zero-order valence-corrected chi connectivity index (χ0v) is 17.8. The number of ether oxygens (including phenoxy) is 2. The Balaban J connectivity index is 1.81. The van der Waals surface area contributed by atoms with Gasteiger partial charge in [0.2, 0.25) is 0 Å². The molecule has 0 spiro atoms. The number of nitrogens with zero attached hydrogens (tertiary/aromatic N) is 3. The van der Waals surface area contributed by atoms with Gasteiger partial charge in [0.15, 0.2) is 16.7 Å². The number of fused-ring (bicyclic) bond motifs is 1. The van der Waals surface area contributed by atoms with Gasteiger partial charge in [-0.25, -0.2) is 0 Å². The van der Waals surface area contributed by atoms with Crippen LogP contribution in [-0.4, -0.2) is 40.6 Å². The molecule has 0 unspecified atom stereocenters. The Labute approximate surface area is 175 Å². The van der Waals surface area contributed by atoms with E-state index < -0.39 is 0 Å². The summed E-state index contributed by atoms with van der Waals surface area (Å²) in [4.78, 5) is 12.1. The van der Waals surface area contributed by atoms with Gasteiger partial charge in [-0.1, -0.05) is 36.4 Å². The molecule has 0 aliphatic carbocycles. The number of aliphatic imine (C=N–C) groups is 1. The zero-order chi connectivity index (χ0) is 19.7. The molecule has 1 aromatic heterocycles. The quantitative estimate of drug-likeness (QED) is 0.652. The zero-order valence-electron chi connectivity index (χ0n) is 16.3. The summed E-state index contributed by atoms with van der Waals surface area (Å²) in [7, 11) is 1.64.